The van der Waals surface area contributed by atoms with E-state index in [1.54, 1.807) is 6.20 Å². The summed E-state index contributed by atoms with van der Waals surface area (Å²) in [6.07, 6.45) is 3.08. The first kappa shape index (κ1) is 13.9. The number of thioether (sulfide) groups is 1. The molecule has 2 heterocycles. The fourth-order valence-electron chi connectivity index (χ4n) is 1.54. The van der Waals surface area contributed by atoms with Gasteiger partial charge in [-0.05, 0) is 11.6 Å². The number of aromatic nitrogens is 2. The zero-order valence-electron chi connectivity index (χ0n) is 9.84. The SMILES string of the molecule is O=C(Cn1ccnc1Cl)NCCN1C(=O)CSC1=O. The maximum absolute atomic E-state index is 11.6. The maximum Gasteiger partial charge on any atom is 0.288 e. The highest BCUT2D eigenvalue weighted by atomic mass is 35.5. The number of hydrogen-bond donors (Lipinski definition) is 1. The Morgan fingerprint density at radius 3 is 2.89 bits per heavy atom. The highest BCUT2D eigenvalue weighted by Crippen LogP contribution is 2.17. The second-order valence-corrected chi connectivity index (χ2v) is 5.04. The van der Waals surface area contributed by atoms with Crippen molar-refractivity contribution in [1.29, 1.82) is 0 Å². The molecule has 1 aromatic rings. The van der Waals surface area contributed by atoms with Gasteiger partial charge >= 0.3 is 0 Å². The minimum atomic E-state index is -0.267. The van der Waals surface area contributed by atoms with Crippen LogP contribution in [0.4, 0.5) is 4.79 Å². The molecule has 0 aliphatic carbocycles. The zero-order chi connectivity index (χ0) is 13.8. The largest absolute Gasteiger partial charge is 0.353 e. The lowest BCUT2D eigenvalue weighted by Gasteiger charge is -2.13. The van der Waals surface area contributed by atoms with Crippen LogP contribution in [-0.4, -0.2) is 50.3 Å². The number of halogens is 1. The topological polar surface area (TPSA) is 84.3 Å². The molecular weight excluding hydrogens is 292 g/mol. The molecule has 3 amide bonds. The van der Waals surface area contributed by atoms with E-state index in [1.807, 2.05) is 0 Å². The molecule has 0 aromatic carbocycles. The van der Waals surface area contributed by atoms with Crippen molar-refractivity contribution in [3.63, 3.8) is 0 Å². The summed E-state index contributed by atoms with van der Waals surface area (Å²) in [6, 6.07) is 0. The van der Waals surface area contributed by atoms with Gasteiger partial charge in [-0.1, -0.05) is 11.8 Å². The van der Waals surface area contributed by atoms with E-state index in [1.165, 1.54) is 10.8 Å². The Bertz CT molecular complexity index is 503. The minimum absolute atomic E-state index is 0.0511. The average Bonchev–Trinajstić information content (AvgIpc) is 2.90. The van der Waals surface area contributed by atoms with Gasteiger partial charge in [-0.2, -0.15) is 0 Å². The van der Waals surface area contributed by atoms with E-state index in [0.29, 0.717) is 0 Å². The van der Waals surface area contributed by atoms with Gasteiger partial charge in [-0.25, -0.2) is 4.98 Å². The first-order valence-electron chi connectivity index (χ1n) is 5.48. The number of rotatable bonds is 5. The summed E-state index contributed by atoms with van der Waals surface area (Å²) in [4.78, 5) is 39.1. The first-order chi connectivity index (χ1) is 9.08. The van der Waals surface area contributed by atoms with E-state index in [4.69, 9.17) is 11.6 Å². The molecule has 9 heteroatoms. The lowest BCUT2D eigenvalue weighted by molar-refractivity contribution is -0.125. The van der Waals surface area contributed by atoms with Crippen LogP contribution in [0.5, 0.6) is 0 Å². The molecule has 1 aromatic heterocycles. The van der Waals surface area contributed by atoms with Gasteiger partial charge in [0.25, 0.3) is 5.24 Å². The molecule has 0 saturated carbocycles. The quantitative estimate of drug-likeness (QED) is 0.848. The van der Waals surface area contributed by atoms with Crippen LogP contribution in [0.3, 0.4) is 0 Å². The summed E-state index contributed by atoms with van der Waals surface area (Å²) in [7, 11) is 0. The number of imidazole rings is 1. The summed E-state index contributed by atoms with van der Waals surface area (Å²) in [5.41, 5.74) is 0. The zero-order valence-corrected chi connectivity index (χ0v) is 11.4. The molecule has 1 N–H and O–H groups in total. The molecule has 1 saturated heterocycles. The highest BCUT2D eigenvalue weighted by Gasteiger charge is 2.29. The van der Waals surface area contributed by atoms with E-state index in [2.05, 4.69) is 10.3 Å². The van der Waals surface area contributed by atoms with Crippen LogP contribution in [0.2, 0.25) is 5.28 Å². The van der Waals surface area contributed by atoms with Gasteiger partial charge in [0.1, 0.15) is 6.54 Å². The Hall–Kier alpha value is -1.54. The third kappa shape index (κ3) is 3.48. The monoisotopic (exact) mass is 302 g/mol. The molecule has 1 aliphatic rings. The second kappa shape index (κ2) is 6.07. The predicted octanol–water partition coefficient (Wildman–Crippen LogP) is 0.348. The lowest BCUT2D eigenvalue weighted by Crippen LogP contribution is -2.38. The molecule has 19 heavy (non-hydrogen) atoms. The first-order valence-corrected chi connectivity index (χ1v) is 6.84. The van der Waals surface area contributed by atoms with E-state index < -0.39 is 0 Å². The Kier molecular flexibility index (Phi) is 4.43. The van der Waals surface area contributed by atoms with Gasteiger partial charge in [-0.15, -0.1) is 0 Å². The van der Waals surface area contributed by atoms with Crippen molar-refractivity contribution >= 4 is 40.4 Å². The molecule has 0 bridgehead atoms. The van der Waals surface area contributed by atoms with Gasteiger partial charge in [0.05, 0.1) is 5.75 Å². The molecule has 102 valence electrons. The average molecular weight is 303 g/mol. The fraction of sp³-hybridized carbons (Fsp3) is 0.400. The molecule has 0 unspecified atom stereocenters. The standard InChI is InChI=1S/C10H11ClN4O3S/c11-9-13-1-3-14(9)5-7(16)12-2-4-15-8(17)6-19-10(15)18/h1,3H,2,4-6H2,(H,12,16). The van der Waals surface area contributed by atoms with Crippen molar-refractivity contribution in [3.8, 4) is 0 Å². The molecule has 1 fully saturated rings. The molecule has 0 spiro atoms. The Balaban J connectivity index is 1.74. The second-order valence-electron chi connectivity index (χ2n) is 3.77. The van der Waals surface area contributed by atoms with Crippen LogP contribution in [0.15, 0.2) is 12.4 Å². The van der Waals surface area contributed by atoms with Gasteiger partial charge in [0.15, 0.2) is 0 Å². The van der Waals surface area contributed by atoms with Crippen molar-refractivity contribution in [1.82, 2.24) is 19.8 Å². The van der Waals surface area contributed by atoms with Crippen LogP contribution in [0.1, 0.15) is 0 Å². The number of amides is 3. The Labute approximate surface area is 118 Å². The number of carbonyl (C=O) groups excluding carboxylic acids is 3. The Morgan fingerprint density at radius 2 is 2.32 bits per heavy atom. The van der Waals surface area contributed by atoms with Crippen molar-refractivity contribution in [2.75, 3.05) is 18.8 Å². The van der Waals surface area contributed by atoms with Crippen LogP contribution < -0.4 is 5.32 Å². The number of nitrogens with one attached hydrogen (secondary N) is 1. The van der Waals surface area contributed by atoms with E-state index in [-0.39, 0.29) is 47.7 Å². The molecular formula is C10H11ClN4O3S. The van der Waals surface area contributed by atoms with E-state index in [0.717, 1.165) is 16.7 Å². The van der Waals surface area contributed by atoms with Crippen molar-refractivity contribution in [2.45, 2.75) is 6.54 Å². The van der Waals surface area contributed by atoms with Crippen molar-refractivity contribution < 1.29 is 14.4 Å². The fourth-order valence-corrected chi connectivity index (χ4v) is 2.47. The van der Waals surface area contributed by atoms with Crippen LogP contribution >= 0.6 is 23.4 Å². The third-order valence-electron chi connectivity index (χ3n) is 2.48. The smallest absolute Gasteiger partial charge is 0.288 e. The molecule has 7 nitrogen and oxygen atoms in total. The molecule has 2 rings (SSSR count). The number of hydrogen-bond acceptors (Lipinski definition) is 5. The minimum Gasteiger partial charge on any atom is -0.353 e. The predicted molar refractivity (Wildman–Crippen MR) is 69.8 cm³/mol. The number of carbonyl (C=O) groups is 3. The van der Waals surface area contributed by atoms with E-state index >= 15 is 0 Å². The van der Waals surface area contributed by atoms with Gasteiger partial charge < -0.3 is 9.88 Å². The highest BCUT2D eigenvalue weighted by molar-refractivity contribution is 8.14. The third-order valence-corrected chi connectivity index (χ3v) is 3.65. The summed E-state index contributed by atoms with van der Waals surface area (Å²) in [6.45, 7) is 0.465. The molecule has 0 atom stereocenters. The molecule has 0 radical (unpaired) electrons. The van der Waals surface area contributed by atoms with E-state index in [9.17, 15) is 14.4 Å². The van der Waals surface area contributed by atoms with Crippen molar-refractivity contribution in [2.24, 2.45) is 0 Å². The number of imide groups is 1. The van der Waals surface area contributed by atoms with Crippen molar-refractivity contribution in [3.05, 3.63) is 17.7 Å². The summed E-state index contributed by atoms with van der Waals surface area (Å²) in [5, 5.41) is 2.58. The van der Waals surface area contributed by atoms with Gasteiger partial charge in [0.2, 0.25) is 17.1 Å². The summed E-state index contributed by atoms with van der Waals surface area (Å²) < 4.78 is 1.49. The van der Waals surface area contributed by atoms with Gasteiger partial charge in [-0.3, -0.25) is 19.3 Å². The summed E-state index contributed by atoms with van der Waals surface area (Å²) >= 11 is 6.70. The maximum atomic E-state index is 11.6. The summed E-state index contributed by atoms with van der Waals surface area (Å²) in [5.74, 6) is -0.300. The normalized spacial score (nSPS) is 15.1. The van der Waals surface area contributed by atoms with Crippen LogP contribution in [0, 0.1) is 0 Å². The van der Waals surface area contributed by atoms with Crippen LogP contribution in [0.25, 0.3) is 0 Å². The Morgan fingerprint density at radius 1 is 1.53 bits per heavy atom. The van der Waals surface area contributed by atoms with Crippen LogP contribution in [-0.2, 0) is 16.1 Å². The molecule has 1 aliphatic heterocycles. The lowest BCUT2D eigenvalue weighted by atomic mass is 10.5. The number of nitrogens with zero attached hydrogens (tertiary/aromatic N) is 3. The van der Waals surface area contributed by atoms with Gasteiger partial charge in [0, 0.05) is 25.5 Å².